The number of aliphatic hydroxyl groups is 1. The van der Waals surface area contributed by atoms with Gasteiger partial charge in [0.05, 0.1) is 0 Å². The molecule has 2 bridgehead atoms. The Bertz CT molecular complexity index is 493. The first-order valence-electron chi connectivity index (χ1n) is 8.11. The lowest BCUT2D eigenvalue weighted by Crippen LogP contribution is -2.55. The first-order valence-corrected chi connectivity index (χ1v) is 8.11. The minimum atomic E-state index is 0.266. The topological polar surface area (TPSA) is 40.5 Å². The molecule has 0 radical (unpaired) electrons. The molecule has 2 fully saturated rings. The molecule has 0 aromatic carbocycles. The number of hydrogen-bond donors (Lipinski definition) is 1. The Balaban J connectivity index is 2.00. The average Bonchev–Trinajstić information content (AvgIpc) is 2.50. The van der Waals surface area contributed by atoms with Crippen molar-refractivity contribution in [1.82, 2.24) is 4.90 Å². The predicted octanol–water partition coefficient (Wildman–Crippen LogP) is 3.74. The van der Waals surface area contributed by atoms with Crippen LogP contribution in [0.5, 0.6) is 0 Å². The SMILES string of the molecule is C=C1/C=C\C(O)=C/C[C@]23CCCC[C@@H]2[C@H](C1)N(C=O)CC3. The van der Waals surface area contributed by atoms with E-state index in [1.807, 2.05) is 17.1 Å². The molecule has 0 aromatic heterocycles. The Morgan fingerprint density at radius 2 is 2.19 bits per heavy atom. The predicted molar refractivity (Wildman–Crippen MR) is 83.8 cm³/mol. The molecule has 3 aliphatic rings. The minimum Gasteiger partial charge on any atom is -0.508 e. The van der Waals surface area contributed by atoms with Crippen LogP contribution < -0.4 is 0 Å². The number of amides is 1. The van der Waals surface area contributed by atoms with Gasteiger partial charge in [-0.15, -0.1) is 0 Å². The monoisotopic (exact) mass is 287 g/mol. The largest absolute Gasteiger partial charge is 0.508 e. The normalized spacial score (nSPS) is 40.7. The van der Waals surface area contributed by atoms with Crippen LogP contribution in [-0.2, 0) is 4.79 Å². The summed E-state index contributed by atoms with van der Waals surface area (Å²) < 4.78 is 0. The highest BCUT2D eigenvalue weighted by molar-refractivity contribution is 5.49. The zero-order valence-corrected chi connectivity index (χ0v) is 12.6. The Kier molecular flexibility index (Phi) is 3.92. The van der Waals surface area contributed by atoms with Crippen molar-refractivity contribution in [2.45, 2.75) is 51.0 Å². The third kappa shape index (κ3) is 2.66. The third-order valence-corrected chi connectivity index (χ3v) is 5.80. The van der Waals surface area contributed by atoms with E-state index in [1.54, 1.807) is 6.08 Å². The lowest BCUT2D eigenvalue weighted by Gasteiger charge is -2.54. The number of hydrogen-bond acceptors (Lipinski definition) is 2. The van der Waals surface area contributed by atoms with Crippen LogP contribution in [0.15, 0.2) is 36.1 Å². The van der Waals surface area contributed by atoms with Crippen LogP contribution in [-0.4, -0.2) is 29.0 Å². The molecule has 1 saturated heterocycles. The van der Waals surface area contributed by atoms with Crippen molar-refractivity contribution in [3.63, 3.8) is 0 Å². The van der Waals surface area contributed by atoms with Crippen molar-refractivity contribution >= 4 is 6.41 Å². The van der Waals surface area contributed by atoms with Gasteiger partial charge < -0.3 is 10.0 Å². The minimum absolute atomic E-state index is 0.266. The fourth-order valence-corrected chi connectivity index (χ4v) is 4.65. The number of nitrogens with zero attached hydrogens (tertiary/aromatic N) is 1. The molecule has 3 atom stereocenters. The van der Waals surface area contributed by atoms with Gasteiger partial charge >= 0.3 is 0 Å². The van der Waals surface area contributed by atoms with E-state index in [0.29, 0.717) is 11.7 Å². The Labute approximate surface area is 127 Å². The summed E-state index contributed by atoms with van der Waals surface area (Å²) in [6, 6.07) is 0.280. The van der Waals surface area contributed by atoms with Crippen molar-refractivity contribution in [2.24, 2.45) is 11.3 Å². The first kappa shape index (κ1) is 14.4. The van der Waals surface area contributed by atoms with Crippen molar-refractivity contribution in [1.29, 1.82) is 0 Å². The van der Waals surface area contributed by atoms with E-state index in [0.717, 1.165) is 37.8 Å². The van der Waals surface area contributed by atoms with E-state index in [2.05, 4.69) is 6.58 Å². The molecule has 1 aliphatic heterocycles. The summed E-state index contributed by atoms with van der Waals surface area (Å²) >= 11 is 0. The molecular formula is C18H25NO2. The number of allylic oxidation sites excluding steroid dienone is 3. The molecule has 3 rings (SSSR count). The van der Waals surface area contributed by atoms with E-state index in [-0.39, 0.29) is 11.5 Å². The number of piperidine rings is 1. The summed E-state index contributed by atoms with van der Waals surface area (Å²) in [6.45, 7) is 4.95. The molecule has 21 heavy (non-hydrogen) atoms. The van der Waals surface area contributed by atoms with Gasteiger partial charge in [0.25, 0.3) is 0 Å². The third-order valence-electron chi connectivity index (χ3n) is 5.80. The van der Waals surface area contributed by atoms with Gasteiger partial charge in [0.2, 0.25) is 6.41 Å². The van der Waals surface area contributed by atoms with Gasteiger partial charge in [-0.2, -0.15) is 0 Å². The van der Waals surface area contributed by atoms with Crippen LogP contribution in [0.25, 0.3) is 0 Å². The van der Waals surface area contributed by atoms with Crippen molar-refractivity contribution < 1.29 is 9.90 Å². The standard InChI is InChI=1S/C18H25NO2/c1-14-5-6-15(21)7-9-18-8-3-2-4-16(18)17(12-14)19(13-20)11-10-18/h5-7,13,16-17,21H,1-4,8-12H2/b6-5-,15-7+/t16-,17+,18+/m1/s1. The summed E-state index contributed by atoms with van der Waals surface area (Å²) in [6.07, 6.45) is 14.4. The highest BCUT2D eigenvalue weighted by Crippen LogP contribution is 2.53. The fourth-order valence-electron chi connectivity index (χ4n) is 4.65. The molecule has 0 aromatic rings. The maximum absolute atomic E-state index is 11.5. The first-order chi connectivity index (χ1) is 10.1. The van der Waals surface area contributed by atoms with Gasteiger partial charge in [-0.05, 0) is 55.6 Å². The van der Waals surface area contributed by atoms with E-state index in [9.17, 15) is 9.90 Å². The van der Waals surface area contributed by atoms with Crippen LogP contribution >= 0.6 is 0 Å². The summed E-state index contributed by atoms with van der Waals surface area (Å²) in [4.78, 5) is 13.5. The average molecular weight is 287 g/mol. The van der Waals surface area contributed by atoms with E-state index >= 15 is 0 Å². The number of carbonyl (C=O) groups is 1. The summed E-state index contributed by atoms with van der Waals surface area (Å²) in [5.74, 6) is 0.892. The molecule has 1 N–H and O–H groups in total. The molecule has 3 nitrogen and oxygen atoms in total. The maximum Gasteiger partial charge on any atom is 0.209 e. The fraction of sp³-hybridized carbons (Fsp3) is 0.611. The number of likely N-dealkylation sites (tertiary alicyclic amines) is 1. The summed E-state index contributed by atoms with van der Waals surface area (Å²) in [7, 11) is 0. The molecule has 0 unspecified atom stereocenters. The van der Waals surface area contributed by atoms with Gasteiger partial charge in [-0.3, -0.25) is 4.79 Å². The van der Waals surface area contributed by atoms with Crippen LogP contribution in [0, 0.1) is 11.3 Å². The summed E-state index contributed by atoms with van der Waals surface area (Å²) in [5.41, 5.74) is 1.26. The molecule has 114 valence electrons. The second-order valence-electron chi connectivity index (χ2n) is 6.90. The van der Waals surface area contributed by atoms with Gasteiger partial charge in [0.1, 0.15) is 5.76 Å². The zero-order valence-electron chi connectivity index (χ0n) is 12.6. The van der Waals surface area contributed by atoms with Gasteiger partial charge in [-0.1, -0.05) is 31.1 Å². The quantitative estimate of drug-likeness (QED) is 0.746. The molecular weight excluding hydrogens is 262 g/mol. The second kappa shape index (κ2) is 5.70. The molecule has 3 heteroatoms. The molecule has 0 spiro atoms. The van der Waals surface area contributed by atoms with Gasteiger partial charge in [0.15, 0.2) is 0 Å². The molecule has 1 amide bonds. The van der Waals surface area contributed by atoms with Crippen molar-refractivity contribution in [3.8, 4) is 0 Å². The molecule has 1 heterocycles. The van der Waals surface area contributed by atoms with E-state index in [1.165, 1.54) is 25.7 Å². The lowest BCUT2D eigenvalue weighted by atomic mass is 9.57. The smallest absolute Gasteiger partial charge is 0.209 e. The van der Waals surface area contributed by atoms with Crippen molar-refractivity contribution in [3.05, 3.63) is 36.1 Å². The Morgan fingerprint density at radius 1 is 1.33 bits per heavy atom. The van der Waals surface area contributed by atoms with Crippen LogP contribution in [0.4, 0.5) is 0 Å². The number of aliphatic hydroxyl groups excluding tert-OH is 1. The van der Waals surface area contributed by atoms with Gasteiger partial charge in [0, 0.05) is 12.6 Å². The Hall–Kier alpha value is -1.51. The number of carbonyl (C=O) groups excluding carboxylic acids is 1. The number of rotatable bonds is 1. The van der Waals surface area contributed by atoms with Crippen molar-refractivity contribution in [2.75, 3.05) is 6.54 Å². The lowest BCUT2D eigenvalue weighted by molar-refractivity contribution is -0.129. The van der Waals surface area contributed by atoms with E-state index < -0.39 is 0 Å². The Morgan fingerprint density at radius 3 is 3.00 bits per heavy atom. The highest BCUT2D eigenvalue weighted by Gasteiger charge is 2.48. The second-order valence-corrected chi connectivity index (χ2v) is 6.90. The van der Waals surface area contributed by atoms with E-state index in [4.69, 9.17) is 0 Å². The highest BCUT2D eigenvalue weighted by atomic mass is 16.3. The van der Waals surface area contributed by atoms with Crippen LogP contribution in [0.1, 0.15) is 44.9 Å². The van der Waals surface area contributed by atoms with Crippen LogP contribution in [0.2, 0.25) is 0 Å². The van der Waals surface area contributed by atoms with Crippen LogP contribution in [0.3, 0.4) is 0 Å². The summed E-state index contributed by atoms with van der Waals surface area (Å²) in [5, 5.41) is 10.00. The molecule has 1 saturated carbocycles. The zero-order chi connectivity index (χ0) is 14.9. The maximum atomic E-state index is 11.5. The molecule has 2 aliphatic carbocycles. The van der Waals surface area contributed by atoms with Gasteiger partial charge in [-0.25, -0.2) is 0 Å².